The number of hydrogen-bond donors (Lipinski definition) is 0. The van der Waals surface area contributed by atoms with Crippen LogP contribution < -0.4 is 15.1 Å². The van der Waals surface area contributed by atoms with Crippen LogP contribution in [0.4, 0.5) is 0 Å². The monoisotopic (exact) mass is 425 g/mol. The van der Waals surface area contributed by atoms with Gasteiger partial charge in [-0.15, -0.1) is 0 Å². The minimum absolute atomic E-state index is 0.381. The van der Waals surface area contributed by atoms with E-state index in [1.807, 2.05) is 41.5 Å². The second kappa shape index (κ2) is 6.38. The summed E-state index contributed by atoms with van der Waals surface area (Å²) in [7, 11) is 1.52. The van der Waals surface area contributed by atoms with Crippen LogP contribution in [0.1, 0.15) is 70.7 Å². The van der Waals surface area contributed by atoms with Gasteiger partial charge in [0.05, 0.1) is 21.9 Å². The van der Waals surface area contributed by atoms with Gasteiger partial charge in [0, 0.05) is 5.56 Å². The largest absolute Gasteiger partial charge is 0.485 e. The minimum Gasteiger partial charge on any atom is -0.485 e. The molecule has 0 amide bonds. The summed E-state index contributed by atoms with van der Waals surface area (Å²) >= 11 is 0. The maximum atomic E-state index is 12.7. The lowest BCUT2D eigenvalue weighted by Gasteiger charge is -2.47. The molecule has 0 N–H and O–H groups in total. The summed E-state index contributed by atoms with van der Waals surface area (Å²) in [5.74, 6) is 1.27. The predicted octanol–water partition coefficient (Wildman–Crippen LogP) is 5.53. The van der Waals surface area contributed by atoms with Gasteiger partial charge in [-0.1, -0.05) is 19.0 Å². The van der Waals surface area contributed by atoms with Crippen molar-refractivity contribution < 1.29 is 18.7 Å². The number of benzene rings is 1. The van der Waals surface area contributed by atoms with E-state index in [0.29, 0.717) is 33.9 Å². The number of rotatable bonds is 1. The molecule has 166 valence electrons. The second-order valence-corrected chi connectivity index (χ2v) is 10.1. The van der Waals surface area contributed by atoms with Crippen molar-refractivity contribution in [2.45, 2.75) is 73.5 Å². The number of hydrogen-bond acceptors (Lipinski definition) is 6. The second-order valence-electron chi connectivity index (χ2n) is 10.1. The summed E-state index contributed by atoms with van der Waals surface area (Å²) in [5, 5.41) is 5.18. The molecule has 31 heavy (non-hydrogen) atoms. The Hall–Kier alpha value is -2.76. The van der Waals surface area contributed by atoms with E-state index in [-0.39, 0.29) is 5.63 Å². The molecular weight excluding hydrogens is 394 g/mol. The summed E-state index contributed by atoms with van der Waals surface area (Å²) in [6.45, 7) is 18.0. The number of nitrogens with zero attached hydrogens (tertiary/aromatic N) is 1. The summed E-state index contributed by atoms with van der Waals surface area (Å²) in [6, 6.07) is 0. The van der Waals surface area contributed by atoms with Crippen LogP contribution in [0.3, 0.4) is 0 Å². The topological polar surface area (TPSA) is 70.3 Å². The molecule has 0 fully saturated rings. The first-order valence-corrected chi connectivity index (χ1v) is 10.6. The first-order chi connectivity index (χ1) is 14.2. The quantitative estimate of drug-likeness (QED) is 0.444. The van der Waals surface area contributed by atoms with E-state index in [4.69, 9.17) is 18.7 Å². The zero-order valence-corrected chi connectivity index (χ0v) is 20.1. The van der Waals surface area contributed by atoms with Gasteiger partial charge in [-0.2, -0.15) is 0 Å². The highest BCUT2D eigenvalue weighted by Crippen LogP contribution is 2.54. The molecule has 0 atom stereocenters. The molecule has 2 aromatic rings. The van der Waals surface area contributed by atoms with Crippen molar-refractivity contribution in [3.8, 4) is 11.5 Å². The van der Waals surface area contributed by atoms with Gasteiger partial charge >= 0.3 is 5.63 Å². The lowest BCUT2D eigenvalue weighted by molar-refractivity contribution is 0.0181. The van der Waals surface area contributed by atoms with Crippen LogP contribution in [-0.4, -0.2) is 24.0 Å². The summed E-state index contributed by atoms with van der Waals surface area (Å²) in [5.41, 5.74) is 3.03. The number of ether oxygens (including phenoxy) is 2. The highest BCUT2D eigenvalue weighted by Gasteiger charge is 2.52. The fourth-order valence-electron chi connectivity index (χ4n) is 4.17. The van der Waals surface area contributed by atoms with Crippen LogP contribution in [0.25, 0.3) is 17.0 Å². The van der Waals surface area contributed by atoms with E-state index in [1.54, 1.807) is 6.92 Å². The van der Waals surface area contributed by atoms with Gasteiger partial charge in [0.1, 0.15) is 35.5 Å². The van der Waals surface area contributed by atoms with E-state index in [1.165, 1.54) is 7.11 Å². The third kappa shape index (κ3) is 2.76. The molecule has 0 bridgehead atoms. The summed E-state index contributed by atoms with van der Waals surface area (Å²) < 4.78 is 19.0. The maximum Gasteiger partial charge on any atom is 0.339 e. The SMILES string of the molecule is CO/N=C1/c2c(c3c(c4c(C)c(C)c(=O)oc24)OC(C)(C)C(C)=C3)OC(C)(C)C1(C)C. The molecular formula is C25H31NO5. The molecule has 6 heteroatoms. The Morgan fingerprint density at radius 3 is 2.19 bits per heavy atom. The van der Waals surface area contributed by atoms with E-state index >= 15 is 0 Å². The van der Waals surface area contributed by atoms with Crippen molar-refractivity contribution >= 4 is 22.8 Å². The van der Waals surface area contributed by atoms with Crippen molar-refractivity contribution in [1.82, 2.24) is 0 Å². The molecule has 1 aromatic heterocycles. The molecule has 0 saturated carbocycles. The van der Waals surface area contributed by atoms with Gasteiger partial charge in [-0.05, 0) is 65.7 Å². The maximum absolute atomic E-state index is 12.7. The van der Waals surface area contributed by atoms with Crippen LogP contribution in [0, 0.1) is 19.3 Å². The molecule has 1 aromatic carbocycles. The summed E-state index contributed by atoms with van der Waals surface area (Å²) in [6.07, 6.45) is 2.11. The van der Waals surface area contributed by atoms with Gasteiger partial charge in [0.15, 0.2) is 5.58 Å². The highest BCUT2D eigenvalue weighted by molar-refractivity contribution is 6.18. The zero-order valence-electron chi connectivity index (χ0n) is 20.1. The van der Waals surface area contributed by atoms with Gasteiger partial charge in [0.25, 0.3) is 0 Å². The van der Waals surface area contributed by atoms with E-state index < -0.39 is 16.6 Å². The van der Waals surface area contributed by atoms with Crippen LogP contribution >= 0.6 is 0 Å². The van der Waals surface area contributed by atoms with E-state index in [9.17, 15) is 4.79 Å². The molecule has 4 rings (SSSR count). The molecule has 0 aliphatic carbocycles. The van der Waals surface area contributed by atoms with Crippen molar-refractivity contribution in [1.29, 1.82) is 0 Å². The van der Waals surface area contributed by atoms with Gasteiger partial charge < -0.3 is 18.7 Å². The molecule has 0 saturated heterocycles. The fourth-order valence-corrected chi connectivity index (χ4v) is 4.17. The smallest absolute Gasteiger partial charge is 0.339 e. The fraction of sp³-hybridized carbons (Fsp3) is 0.520. The molecule has 0 radical (unpaired) electrons. The van der Waals surface area contributed by atoms with Crippen molar-refractivity contribution in [3.05, 3.63) is 38.2 Å². The lowest BCUT2D eigenvalue weighted by Crippen LogP contribution is -2.53. The van der Waals surface area contributed by atoms with Gasteiger partial charge in [0.2, 0.25) is 0 Å². The van der Waals surface area contributed by atoms with E-state index in [0.717, 1.165) is 22.1 Å². The molecule has 0 unspecified atom stereocenters. The Labute approximate surface area is 182 Å². The van der Waals surface area contributed by atoms with Crippen LogP contribution in [0.5, 0.6) is 11.5 Å². The average Bonchev–Trinajstić information content (AvgIpc) is 2.65. The van der Waals surface area contributed by atoms with Crippen LogP contribution in [0.15, 0.2) is 19.9 Å². The van der Waals surface area contributed by atoms with Crippen LogP contribution in [0.2, 0.25) is 0 Å². The summed E-state index contributed by atoms with van der Waals surface area (Å²) in [4.78, 5) is 18.0. The predicted molar refractivity (Wildman–Crippen MR) is 122 cm³/mol. The molecule has 2 aliphatic rings. The molecule has 6 nitrogen and oxygen atoms in total. The Kier molecular flexibility index (Phi) is 4.42. The van der Waals surface area contributed by atoms with E-state index in [2.05, 4.69) is 25.1 Å². The van der Waals surface area contributed by atoms with Crippen molar-refractivity contribution in [2.75, 3.05) is 7.11 Å². The minimum atomic E-state index is -0.604. The molecule has 0 spiro atoms. The standard InChI is InChI=1S/C25H31NO5/c1-12-11-15-18(30-24(12,6)7)16-13(2)14(3)22(27)29-20(16)17-19(15)31-25(8,9)23(4,5)21(17)26-28-10/h11H,1-10H3/b26-21-. The molecule has 2 aliphatic heterocycles. The average molecular weight is 426 g/mol. The van der Waals surface area contributed by atoms with Crippen LogP contribution in [-0.2, 0) is 4.84 Å². The third-order valence-electron chi connectivity index (χ3n) is 7.38. The lowest BCUT2D eigenvalue weighted by atomic mass is 9.68. The number of oxime groups is 1. The molecule has 3 heterocycles. The highest BCUT2D eigenvalue weighted by atomic mass is 16.6. The Balaban J connectivity index is 2.30. The Morgan fingerprint density at radius 1 is 0.935 bits per heavy atom. The third-order valence-corrected chi connectivity index (χ3v) is 7.38. The normalized spacial score (nSPS) is 21.6. The first kappa shape index (κ1) is 21.5. The van der Waals surface area contributed by atoms with Gasteiger partial charge in [-0.25, -0.2) is 4.79 Å². The Bertz CT molecular complexity index is 1240. The number of aryl methyl sites for hydroxylation is 1. The van der Waals surface area contributed by atoms with Crippen molar-refractivity contribution in [2.24, 2.45) is 10.6 Å². The van der Waals surface area contributed by atoms with Crippen molar-refractivity contribution in [3.63, 3.8) is 0 Å². The first-order valence-electron chi connectivity index (χ1n) is 10.6. The van der Waals surface area contributed by atoms with Gasteiger partial charge in [-0.3, -0.25) is 0 Å². The number of fused-ring (bicyclic) bond motifs is 6. The zero-order chi connectivity index (χ0) is 23.1. The Morgan fingerprint density at radius 2 is 1.58 bits per heavy atom.